The molecule has 0 saturated heterocycles. The Kier molecular flexibility index (Phi) is 4.15. The summed E-state index contributed by atoms with van der Waals surface area (Å²) in [5.74, 6) is 0.0312. The van der Waals surface area contributed by atoms with Crippen LogP contribution >= 0.6 is 0 Å². The van der Waals surface area contributed by atoms with Crippen molar-refractivity contribution in [1.29, 1.82) is 0 Å². The van der Waals surface area contributed by atoms with E-state index in [0.717, 1.165) is 25.7 Å². The SMILES string of the molecule is NCCS(=O)(=O)NC1C[CH]CCC1. The third kappa shape index (κ3) is 4.06. The molecule has 1 aliphatic carbocycles. The molecular weight excluding hydrogens is 188 g/mol. The Balaban J connectivity index is 2.37. The van der Waals surface area contributed by atoms with Crippen molar-refractivity contribution >= 4 is 10.0 Å². The summed E-state index contributed by atoms with van der Waals surface area (Å²) in [4.78, 5) is 0. The quantitative estimate of drug-likeness (QED) is 0.679. The molecule has 4 nitrogen and oxygen atoms in total. The maximum atomic E-state index is 11.3. The fourth-order valence-corrected chi connectivity index (χ4v) is 2.67. The predicted molar refractivity (Wildman–Crippen MR) is 52.5 cm³/mol. The zero-order valence-electron chi connectivity index (χ0n) is 7.70. The highest BCUT2D eigenvalue weighted by atomic mass is 32.2. The molecule has 1 rings (SSSR count). The van der Waals surface area contributed by atoms with Crippen LogP contribution in [-0.4, -0.2) is 26.8 Å². The lowest BCUT2D eigenvalue weighted by Crippen LogP contribution is -2.39. The van der Waals surface area contributed by atoms with Gasteiger partial charge in [-0.15, -0.1) is 0 Å². The van der Waals surface area contributed by atoms with Crippen molar-refractivity contribution in [2.24, 2.45) is 5.73 Å². The van der Waals surface area contributed by atoms with E-state index in [0.29, 0.717) is 0 Å². The van der Waals surface area contributed by atoms with Gasteiger partial charge < -0.3 is 5.73 Å². The maximum Gasteiger partial charge on any atom is 0.213 e. The molecule has 0 aliphatic heterocycles. The number of hydrogen-bond donors (Lipinski definition) is 2. The first-order valence-corrected chi connectivity index (χ1v) is 6.31. The van der Waals surface area contributed by atoms with E-state index in [4.69, 9.17) is 5.73 Å². The second-order valence-electron chi connectivity index (χ2n) is 3.38. The lowest BCUT2D eigenvalue weighted by Gasteiger charge is -2.22. The van der Waals surface area contributed by atoms with Crippen molar-refractivity contribution < 1.29 is 8.42 Å². The summed E-state index contributed by atoms with van der Waals surface area (Å²) < 4.78 is 25.2. The second kappa shape index (κ2) is 4.93. The second-order valence-corrected chi connectivity index (χ2v) is 5.25. The molecule has 1 aliphatic rings. The fraction of sp³-hybridized carbons (Fsp3) is 0.875. The summed E-state index contributed by atoms with van der Waals surface area (Å²) in [5.41, 5.74) is 5.19. The highest BCUT2D eigenvalue weighted by molar-refractivity contribution is 7.89. The van der Waals surface area contributed by atoms with Crippen LogP contribution in [0.15, 0.2) is 0 Å². The van der Waals surface area contributed by atoms with Gasteiger partial charge in [-0.25, -0.2) is 13.1 Å². The number of hydrogen-bond acceptors (Lipinski definition) is 3. The summed E-state index contributed by atoms with van der Waals surface area (Å²) in [7, 11) is -3.13. The van der Waals surface area contributed by atoms with Crippen LogP contribution in [-0.2, 0) is 10.0 Å². The van der Waals surface area contributed by atoms with Gasteiger partial charge in [-0.2, -0.15) is 0 Å². The van der Waals surface area contributed by atoms with Crippen molar-refractivity contribution in [1.82, 2.24) is 4.72 Å². The molecule has 13 heavy (non-hydrogen) atoms. The van der Waals surface area contributed by atoms with Gasteiger partial charge in [0.05, 0.1) is 5.75 Å². The van der Waals surface area contributed by atoms with Crippen LogP contribution < -0.4 is 10.5 Å². The summed E-state index contributed by atoms with van der Waals surface area (Å²) in [6, 6.07) is 0.102. The summed E-state index contributed by atoms with van der Waals surface area (Å²) >= 11 is 0. The molecule has 0 bridgehead atoms. The Hall–Kier alpha value is -0.130. The Morgan fingerprint density at radius 2 is 2.31 bits per heavy atom. The van der Waals surface area contributed by atoms with E-state index in [2.05, 4.69) is 11.1 Å². The molecule has 0 amide bonds. The Labute approximate surface area is 79.9 Å². The van der Waals surface area contributed by atoms with Gasteiger partial charge in [0.2, 0.25) is 10.0 Å². The molecule has 5 heteroatoms. The molecule has 1 atom stereocenters. The van der Waals surface area contributed by atoms with Crippen LogP contribution in [0.4, 0.5) is 0 Å². The van der Waals surface area contributed by atoms with Crippen molar-refractivity contribution in [3.05, 3.63) is 6.42 Å². The van der Waals surface area contributed by atoms with E-state index in [-0.39, 0.29) is 18.3 Å². The Morgan fingerprint density at radius 3 is 2.85 bits per heavy atom. The largest absolute Gasteiger partial charge is 0.329 e. The number of rotatable bonds is 4. The molecule has 77 valence electrons. The third-order valence-electron chi connectivity index (χ3n) is 2.14. The lowest BCUT2D eigenvalue weighted by molar-refractivity contribution is 0.468. The van der Waals surface area contributed by atoms with E-state index >= 15 is 0 Å². The van der Waals surface area contributed by atoms with Gasteiger partial charge in [0, 0.05) is 12.6 Å². The van der Waals surface area contributed by atoms with Crippen LogP contribution in [0.25, 0.3) is 0 Å². The van der Waals surface area contributed by atoms with Gasteiger partial charge in [-0.1, -0.05) is 12.8 Å². The Morgan fingerprint density at radius 1 is 1.54 bits per heavy atom. The first-order chi connectivity index (χ1) is 6.14. The highest BCUT2D eigenvalue weighted by Gasteiger charge is 2.19. The minimum atomic E-state index is -3.13. The molecule has 1 fully saturated rings. The van der Waals surface area contributed by atoms with Crippen molar-refractivity contribution in [2.75, 3.05) is 12.3 Å². The monoisotopic (exact) mass is 205 g/mol. The van der Waals surface area contributed by atoms with Gasteiger partial charge >= 0.3 is 0 Å². The fourth-order valence-electron chi connectivity index (χ4n) is 1.52. The standard InChI is InChI=1S/C8H17N2O2S/c9-6-7-13(11,12)10-8-4-2-1-3-5-8/h2,8,10H,1,3-7,9H2. The van der Waals surface area contributed by atoms with E-state index in [9.17, 15) is 8.42 Å². The average molecular weight is 205 g/mol. The lowest BCUT2D eigenvalue weighted by atomic mass is 9.96. The summed E-state index contributed by atoms with van der Waals surface area (Å²) in [6.45, 7) is 0.186. The molecule has 0 aromatic heterocycles. The van der Waals surface area contributed by atoms with Crippen LogP contribution in [0.5, 0.6) is 0 Å². The van der Waals surface area contributed by atoms with Gasteiger partial charge in [-0.05, 0) is 19.3 Å². The van der Waals surface area contributed by atoms with Crippen molar-refractivity contribution in [2.45, 2.75) is 31.7 Å². The molecule has 0 aromatic carbocycles. The van der Waals surface area contributed by atoms with Crippen LogP contribution in [0.3, 0.4) is 0 Å². The van der Waals surface area contributed by atoms with Crippen molar-refractivity contribution in [3.8, 4) is 0 Å². The maximum absolute atomic E-state index is 11.3. The smallest absolute Gasteiger partial charge is 0.213 e. The van der Waals surface area contributed by atoms with Crippen LogP contribution in [0.2, 0.25) is 0 Å². The molecule has 1 saturated carbocycles. The molecule has 1 radical (unpaired) electrons. The first kappa shape index (κ1) is 10.9. The minimum absolute atomic E-state index is 0.0312. The average Bonchev–Trinajstić information content (AvgIpc) is 2.04. The summed E-state index contributed by atoms with van der Waals surface area (Å²) in [6.07, 6.45) is 6.12. The topological polar surface area (TPSA) is 72.2 Å². The third-order valence-corrected chi connectivity index (χ3v) is 3.61. The van der Waals surface area contributed by atoms with Crippen molar-refractivity contribution in [3.63, 3.8) is 0 Å². The van der Waals surface area contributed by atoms with Gasteiger partial charge in [0.1, 0.15) is 0 Å². The minimum Gasteiger partial charge on any atom is -0.329 e. The first-order valence-electron chi connectivity index (χ1n) is 4.66. The van der Waals surface area contributed by atoms with Crippen LogP contribution in [0, 0.1) is 6.42 Å². The number of nitrogens with two attached hydrogens (primary N) is 1. The number of sulfonamides is 1. The summed E-state index contributed by atoms with van der Waals surface area (Å²) in [5, 5.41) is 0. The highest BCUT2D eigenvalue weighted by Crippen LogP contribution is 2.16. The van der Waals surface area contributed by atoms with E-state index < -0.39 is 10.0 Å². The normalized spacial score (nSPS) is 20.4. The molecule has 1 unspecified atom stereocenters. The predicted octanol–water partition coefficient (Wildman–Crippen LogP) is 0.0114. The van der Waals surface area contributed by atoms with Crippen LogP contribution in [0.1, 0.15) is 25.7 Å². The molecule has 0 heterocycles. The molecule has 3 N–H and O–H groups in total. The molecule has 0 aromatic rings. The van der Waals surface area contributed by atoms with E-state index in [1.54, 1.807) is 0 Å². The van der Waals surface area contributed by atoms with Gasteiger partial charge in [-0.3, -0.25) is 0 Å². The zero-order chi connectivity index (χ0) is 9.73. The van der Waals surface area contributed by atoms with Gasteiger partial charge in [0.25, 0.3) is 0 Å². The number of nitrogens with one attached hydrogen (secondary N) is 1. The van der Waals surface area contributed by atoms with E-state index in [1.807, 2.05) is 0 Å². The zero-order valence-corrected chi connectivity index (χ0v) is 8.52. The molecular formula is C8H17N2O2S. The Bertz CT molecular complexity index is 233. The van der Waals surface area contributed by atoms with E-state index in [1.165, 1.54) is 0 Å². The van der Waals surface area contributed by atoms with Gasteiger partial charge in [0.15, 0.2) is 0 Å². The molecule has 0 spiro atoms.